The molecule has 4 atom stereocenters. The molecule has 1 saturated heterocycles. The van der Waals surface area contributed by atoms with Crippen molar-refractivity contribution in [3.05, 3.63) is 0 Å². The van der Waals surface area contributed by atoms with Gasteiger partial charge in [-0.1, -0.05) is 13.8 Å². The molecule has 11 nitrogen and oxygen atoms in total. The van der Waals surface area contributed by atoms with Gasteiger partial charge in [0.05, 0.1) is 6.04 Å². The Morgan fingerprint density at radius 1 is 1.20 bits per heavy atom. The molecule has 0 bridgehead atoms. The van der Waals surface area contributed by atoms with Crippen molar-refractivity contribution in [3.63, 3.8) is 0 Å². The van der Waals surface area contributed by atoms with Crippen LogP contribution in [0.4, 0.5) is 0 Å². The van der Waals surface area contributed by atoms with Crippen LogP contribution >= 0.6 is 12.6 Å². The van der Waals surface area contributed by atoms with Crippen molar-refractivity contribution < 1.29 is 29.1 Å². The fraction of sp³-hybridized carbons (Fsp3) is 0.722. The number of carbonyl (C=O) groups excluding carboxylic acids is 4. The monoisotopic (exact) mass is 445 g/mol. The van der Waals surface area contributed by atoms with Crippen LogP contribution in [0.25, 0.3) is 0 Å². The first-order chi connectivity index (χ1) is 14.0. The van der Waals surface area contributed by atoms with Crippen molar-refractivity contribution in [2.75, 3.05) is 12.3 Å². The summed E-state index contributed by atoms with van der Waals surface area (Å²) in [6, 6.07) is -4.00. The van der Waals surface area contributed by atoms with Gasteiger partial charge in [-0.2, -0.15) is 12.6 Å². The quantitative estimate of drug-likeness (QED) is 0.203. The van der Waals surface area contributed by atoms with Crippen molar-refractivity contribution in [2.24, 2.45) is 17.4 Å². The molecule has 0 radical (unpaired) electrons. The Labute approximate surface area is 180 Å². The number of thiol groups is 1. The Morgan fingerprint density at radius 2 is 1.83 bits per heavy atom. The molecule has 0 aromatic carbocycles. The van der Waals surface area contributed by atoms with Gasteiger partial charge in [-0.25, -0.2) is 4.79 Å². The summed E-state index contributed by atoms with van der Waals surface area (Å²) in [6.07, 6.45) is 0.699. The van der Waals surface area contributed by atoms with Gasteiger partial charge in [0.15, 0.2) is 0 Å². The second-order valence-corrected chi connectivity index (χ2v) is 7.98. The lowest BCUT2D eigenvalue weighted by Gasteiger charge is -2.30. The van der Waals surface area contributed by atoms with Crippen molar-refractivity contribution in [3.8, 4) is 0 Å². The topological polar surface area (TPSA) is 185 Å². The minimum Gasteiger partial charge on any atom is -0.480 e. The van der Waals surface area contributed by atoms with Crippen molar-refractivity contribution in [1.29, 1.82) is 0 Å². The summed E-state index contributed by atoms with van der Waals surface area (Å²) < 4.78 is 0. The summed E-state index contributed by atoms with van der Waals surface area (Å²) >= 11 is 3.95. The Morgan fingerprint density at radius 3 is 2.33 bits per heavy atom. The third kappa shape index (κ3) is 7.17. The van der Waals surface area contributed by atoms with Gasteiger partial charge in [0.2, 0.25) is 23.6 Å². The van der Waals surface area contributed by atoms with E-state index in [9.17, 15) is 29.1 Å². The predicted molar refractivity (Wildman–Crippen MR) is 111 cm³/mol. The molecule has 30 heavy (non-hydrogen) atoms. The summed E-state index contributed by atoms with van der Waals surface area (Å²) in [4.78, 5) is 61.7. The number of carboxylic acids is 1. The fourth-order valence-electron chi connectivity index (χ4n) is 3.17. The van der Waals surface area contributed by atoms with Gasteiger partial charge in [-0.05, 0) is 25.2 Å². The van der Waals surface area contributed by atoms with Crippen LogP contribution in [0.15, 0.2) is 0 Å². The first-order valence-corrected chi connectivity index (χ1v) is 10.4. The SMILES string of the molecule is CC(C)C(NC(=O)C1CCCN1C(=O)C(CCC(N)=O)NC(=O)C(N)CS)C(=O)O. The number of carboxylic acid groups (broad SMARTS) is 1. The number of hydrogen-bond acceptors (Lipinski definition) is 7. The lowest BCUT2D eigenvalue weighted by molar-refractivity contribution is -0.145. The lowest BCUT2D eigenvalue weighted by atomic mass is 10.0. The smallest absolute Gasteiger partial charge is 0.326 e. The first kappa shape index (κ1) is 25.7. The molecule has 1 aliphatic heterocycles. The second kappa shape index (κ2) is 11.7. The van der Waals surface area contributed by atoms with Crippen LogP contribution in [0.5, 0.6) is 0 Å². The molecular formula is C18H31N5O6S. The molecule has 1 rings (SSSR count). The van der Waals surface area contributed by atoms with E-state index >= 15 is 0 Å². The highest BCUT2D eigenvalue weighted by atomic mass is 32.1. The van der Waals surface area contributed by atoms with Crippen LogP contribution in [0.3, 0.4) is 0 Å². The number of likely N-dealkylation sites (tertiary alicyclic amines) is 1. The zero-order valence-corrected chi connectivity index (χ0v) is 18.1. The largest absolute Gasteiger partial charge is 0.480 e. The maximum Gasteiger partial charge on any atom is 0.326 e. The second-order valence-electron chi connectivity index (χ2n) is 7.61. The Bertz CT molecular complexity index is 673. The normalized spacial score (nSPS) is 19.1. The van der Waals surface area contributed by atoms with E-state index in [1.165, 1.54) is 4.90 Å². The van der Waals surface area contributed by atoms with Gasteiger partial charge in [-0.15, -0.1) is 0 Å². The number of rotatable bonds is 11. The summed E-state index contributed by atoms with van der Waals surface area (Å²) in [5.41, 5.74) is 10.8. The van der Waals surface area contributed by atoms with Gasteiger partial charge >= 0.3 is 5.97 Å². The minimum absolute atomic E-state index is 0.0478. The predicted octanol–water partition coefficient (Wildman–Crippen LogP) is -1.79. The van der Waals surface area contributed by atoms with Crippen LogP contribution < -0.4 is 22.1 Å². The number of amides is 4. The van der Waals surface area contributed by atoms with Crippen LogP contribution in [0.1, 0.15) is 39.5 Å². The first-order valence-electron chi connectivity index (χ1n) is 9.78. The minimum atomic E-state index is -1.17. The van der Waals surface area contributed by atoms with Crippen molar-refractivity contribution >= 4 is 42.2 Å². The Hall–Kier alpha value is -2.34. The Kier molecular flexibility index (Phi) is 10.1. The van der Waals surface area contributed by atoms with Crippen LogP contribution in [-0.2, 0) is 24.0 Å². The molecule has 4 amide bonds. The van der Waals surface area contributed by atoms with E-state index in [1.54, 1.807) is 13.8 Å². The highest BCUT2D eigenvalue weighted by Crippen LogP contribution is 2.20. The van der Waals surface area contributed by atoms with Crippen molar-refractivity contribution in [1.82, 2.24) is 15.5 Å². The third-order valence-corrected chi connectivity index (χ3v) is 5.29. The summed E-state index contributed by atoms with van der Waals surface area (Å²) in [7, 11) is 0. The number of hydrogen-bond donors (Lipinski definition) is 6. The molecular weight excluding hydrogens is 414 g/mol. The van der Waals surface area contributed by atoms with Crippen LogP contribution in [0, 0.1) is 5.92 Å². The van der Waals surface area contributed by atoms with E-state index in [-0.39, 0.29) is 31.1 Å². The zero-order chi connectivity index (χ0) is 23.0. The number of nitrogens with two attached hydrogens (primary N) is 2. The Balaban J connectivity index is 2.97. The molecule has 1 fully saturated rings. The fourth-order valence-corrected chi connectivity index (χ4v) is 3.34. The molecule has 0 aromatic rings. The third-order valence-electron chi connectivity index (χ3n) is 4.90. The van der Waals surface area contributed by atoms with Crippen molar-refractivity contribution in [2.45, 2.75) is 63.7 Å². The van der Waals surface area contributed by atoms with E-state index in [1.807, 2.05) is 0 Å². The van der Waals surface area contributed by atoms with Gasteiger partial charge < -0.3 is 32.1 Å². The van der Waals surface area contributed by atoms with Gasteiger partial charge in [0.1, 0.15) is 18.1 Å². The number of carbonyl (C=O) groups is 5. The average molecular weight is 446 g/mol. The van der Waals surface area contributed by atoms with E-state index in [4.69, 9.17) is 11.5 Å². The standard InChI is InChI=1S/C18H31N5O6S/c1-9(2)14(18(28)29)22-16(26)12-4-3-7-23(12)17(27)11(5-6-13(20)24)21-15(25)10(19)8-30/h9-12,14,30H,3-8,19H2,1-2H3,(H2,20,24)(H,21,25)(H,22,26)(H,28,29). The number of nitrogens with zero attached hydrogens (tertiary/aromatic N) is 1. The maximum atomic E-state index is 13.1. The zero-order valence-electron chi connectivity index (χ0n) is 17.2. The maximum absolute atomic E-state index is 13.1. The molecule has 0 aromatic heterocycles. The highest BCUT2D eigenvalue weighted by Gasteiger charge is 2.39. The average Bonchev–Trinajstić information content (AvgIpc) is 3.16. The molecule has 170 valence electrons. The molecule has 1 heterocycles. The molecule has 0 aliphatic carbocycles. The van der Waals surface area contributed by atoms with Gasteiger partial charge in [0.25, 0.3) is 0 Å². The summed E-state index contributed by atoms with van der Waals surface area (Å²) in [6.45, 7) is 3.59. The molecule has 1 aliphatic rings. The van der Waals surface area contributed by atoms with E-state index in [2.05, 4.69) is 23.3 Å². The summed E-state index contributed by atoms with van der Waals surface area (Å²) in [5.74, 6) is -3.83. The molecule has 12 heteroatoms. The van der Waals surface area contributed by atoms with E-state index < -0.39 is 53.8 Å². The van der Waals surface area contributed by atoms with Gasteiger partial charge in [-0.3, -0.25) is 19.2 Å². The van der Waals surface area contributed by atoms with Crippen LogP contribution in [0.2, 0.25) is 0 Å². The number of primary amides is 1. The number of nitrogens with one attached hydrogen (secondary N) is 2. The van der Waals surface area contributed by atoms with E-state index in [0.29, 0.717) is 12.8 Å². The molecule has 0 spiro atoms. The van der Waals surface area contributed by atoms with Gasteiger partial charge in [0, 0.05) is 18.7 Å². The molecule has 4 unspecified atom stereocenters. The molecule has 7 N–H and O–H groups in total. The number of aliphatic carboxylic acids is 1. The highest BCUT2D eigenvalue weighted by molar-refractivity contribution is 7.80. The van der Waals surface area contributed by atoms with Crippen LogP contribution in [-0.4, -0.2) is 76.1 Å². The molecule has 0 saturated carbocycles. The van der Waals surface area contributed by atoms with E-state index in [0.717, 1.165) is 0 Å². The summed E-state index contributed by atoms with van der Waals surface area (Å²) in [5, 5.41) is 14.3. The lowest BCUT2D eigenvalue weighted by Crippen LogP contribution is -2.57.